The van der Waals surface area contributed by atoms with Crippen LogP contribution in [-0.4, -0.2) is 51.8 Å². The van der Waals surface area contributed by atoms with E-state index in [-0.39, 0.29) is 12.2 Å². The molecule has 0 aliphatic carbocycles. The molecule has 0 unspecified atom stereocenters. The molecule has 0 amide bonds. The van der Waals surface area contributed by atoms with E-state index in [4.69, 9.17) is 14.2 Å². The Morgan fingerprint density at radius 2 is 1.44 bits per heavy atom. The molecule has 9 heteroatoms. The van der Waals surface area contributed by atoms with Crippen LogP contribution in [0, 0.1) is 6.92 Å². The van der Waals surface area contributed by atoms with E-state index in [9.17, 15) is 19.8 Å². The predicted molar refractivity (Wildman–Crippen MR) is 144 cm³/mol. The third-order valence-corrected chi connectivity index (χ3v) is 7.08. The molecule has 5 rings (SSSR count). The second-order valence-electron chi connectivity index (χ2n) is 9.48. The first-order chi connectivity index (χ1) is 18.8. The summed E-state index contributed by atoms with van der Waals surface area (Å²) in [6, 6.07) is 26.9. The number of nitrogens with one attached hydrogen (secondary N) is 1. The second kappa shape index (κ2) is 11.0. The molecular formula is C30H30N2O7. The van der Waals surface area contributed by atoms with Crippen molar-refractivity contribution in [2.75, 3.05) is 13.7 Å². The van der Waals surface area contributed by atoms with E-state index >= 15 is 0 Å². The number of methoxy groups -OCH3 is 1. The molecule has 202 valence electrons. The molecule has 2 heterocycles. The van der Waals surface area contributed by atoms with Gasteiger partial charge in [0.05, 0.1) is 13.7 Å². The lowest BCUT2D eigenvalue weighted by Crippen LogP contribution is -2.40. The fraction of sp³-hybridized carbons (Fsp3) is 0.267. The van der Waals surface area contributed by atoms with Crippen molar-refractivity contribution in [2.24, 2.45) is 0 Å². The minimum atomic E-state index is -1.43. The van der Waals surface area contributed by atoms with Gasteiger partial charge in [0.2, 0.25) is 0 Å². The average Bonchev–Trinajstić information content (AvgIpc) is 3.25. The Morgan fingerprint density at radius 1 is 0.872 bits per heavy atom. The summed E-state index contributed by atoms with van der Waals surface area (Å²) >= 11 is 0. The van der Waals surface area contributed by atoms with Crippen molar-refractivity contribution in [3.8, 4) is 5.75 Å². The summed E-state index contributed by atoms with van der Waals surface area (Å²) in [5.74, 6) is 0.691. The summed E-state index contributed by atoms with van der Waals surface area (Å²) in [6.07, 6.45) is -3.66. The molecule has 1 aliphatic heterocycles. The summed E-state index contributed by atoms with van der Waals surface area (Å²) in [4.78, 5) is 26.5. The van der Waals surface area contributed by atoms with Gasteiger partial charge in [-0.15, -0.1) is 0 Å². The average molecular weight is 531 g/mol. The molecule has 1 aromatic heterocycles. The highest BCUT2D eigenvalue weighted by molar-refractivity contribution is 5.48. The van der Waals surface area contributed by atoms with Gasteiger partial charge in [0, 0.05) is 11.8 Å². The van der Waals surface area contributed by atoms with Gasteiger partial charge in [-0.3, -0.25) is 14.3 Å². The number of nitrogens with zero attached hydrogens (tertiary/aromatic N) is 1. The second-order valence-corrected chi connectivity index (χ2v) is 9.48. The number of aliphatic hydroxyl groups is 2. The maximum atomic E-state index is 12.5. The number of H-pyrrole nitrogens is 1. The molecule has 0 saturated carbocycles. The van der Waals surface area contributed by atoms with E-state index in [1.807, 2.05) is 84.9 Å². The Labute approximate surface area is 224 Å². The quantitative estimate of drug-likeness (QED) is 0.299. The van der Waals surface area contributed by atoms with Crippen LogP contribution in [0.3, 0.4) is 0 Å². The normalized spacial score (nSPS) is 21.1. The Kier molecular flexibility index (Phi) is 7.49. The van der Waals surface area contributed by atoms with Crippen molar-refractivity contribution in [1.82, 2.24) is 9.55 Å². The lowest BCUT2D eigenvalue weighted by Gasteiger charge is -2.37. The highest BCUT2D eigenvalue weighted by Crippen LogP contribution is 2.42. The van der Waals surface area contributed by atoms with E-state index in [0.717, 1.165) is 21.3 Å². The molecule has 0 bridgehead atoms. The molecular weight excluding hydrogens is 500 g/mol. The number of benzene rings is 3. The minimum Gasteiger partial charge on any atom is -0.497 e. The lowest BCUT2D eigenvalue weighted by molar-refractivity contribution is -0.0959. The molecule has 3 aromatic carbocycles. The number of aryl methyl sites for hydroxylation is 1. The van der Waals surface area contributed by atoms with Gasteiger partial charge in [-0.25, -0.2) is 4.79 Å². The summed E-state index contributed by atoms with van der Waals surface area (Å²) in [7, 11) is 1.60. The molecule has 1 fully saturated rings. The zero-order valence-corrected chi connectivity index (χ0v) is 21.6. The Morgan fingerprint density at radius 3 is 2.00 bits per heavy atom. The standard InChI is InChI=1S/C30H30N2O7/c1-19-17-32(29(36)31-27(19)35)28-26(34)25(33)24(39-28)18-38-30(20-9-5-3-6-10-20,21-11-7-4-8-12-21)22-13-15-23(37-2)16-14-22/h3-17,24-26,28,33-34H,18H2,1-2H3,(H,31,35,36)/t24-,25-,26-,28-/m1/s1. The first-order valence-corrected chi connectivity index (χ1v) is 12.6. The van der Waals surface area contributed by atoms with Crippen LogP contribution in [0.1, 0.15) is 28.5 Å². The smallest absolute Gasteiger partial charge is 0.330 e. The predicted octanol–water partition coefficient (Wildman–Crippen LogP) is 2.48. The molecule has 3 N–H and O–H groups in total. The van der Waals surface area contributed by atoms with Gasteiger partial charge in [-0.05, 0) is 35.7 Å². The van der Waals surface area contributed by atoms with Crippen molar-refractivity contribution in [2.45, 2.75) is 37.1 Å². The third-order valence-electron chi connectivity index (χ3n) is 7.08. The van der Waals surface area contributed by atoms with Gasteiger partial charge < -0.3 is 24.4 Å². The first kappa shape index (κ1) is 26.6. The number of aromatic nitrogens is 2. The largest absolute Gasteiger partial charge is 0.497 e. The zero-order chi connectivity index (χ0) is 27.6. The number of ether oxygens (including phenoxy) is 3. The van der Waals surface area contributed by atoms with Crippen molar-refractivity contribution in [1.29, 1.82) is 0 Å². The number of hydrogen-bond acceptors (Lipinski definition) is 7. The van der Waals surface area contributed by atoms with Gasteiger partial charge in [0.1, 0.15) is 29.7 Å². The number of rotatable bonds is 8. The van der Waals surface area contributed by atoms with E-state index in [2.05, 4.69) is 4.98 Å². The van der Waals surface area contributed by atoms with Gasteiger partial charge in [0.25, 0.3) is 5.56 Å². The summed E-state index contributed by atoms with van der Waals surface area (Å²) < 4.78 is 19.2. The number of hydrogen-bond donors (Lipinski definition) is 3. The molecule has 0 spiro atoms. The SMILES string of the molecule is COc1ccc(C(OC[C@H]2O[C@@H](n3cc(C)c(=O)[nH]c3=O)[C@H](O)[C@@H]2O)(c2ccccc2)c2ccccc2)cc1. The highest BCUT2D eigenvalue weighted by atomic mass is 16.6. The topological polar surface area (TPSA) is 123 Å². The molecule has 4 aromatic rings. The molecule has 9 nitrogen and oxygen atoms in total. The van der Waals surface area contributed by atoms with Crippen LogP contribution in [-0.2, 0) is 15.1 Å². The zero-order valence-electron chi connectivity index (χ0n) is 21.6. The molecule has 0 radical (unpaired) electrons. The molecule has 1 aliphatic rings. The Hall–Kier alpha value is -4.02. The fourth-order valence-electron chi connectivity index (χ4n) is 5.00. The van der Waals surface area contributed by atoms with Crippen LogP contribution in [0.15, 0.2) is 101 Å². The van der Waals surface area contributed by atoms with Crippen LogP contribution >= 0.6 is 0 Å². The van der Waals surface area contributed by atoms with E-state index < -0.39 is 41.4 Å². The van der Waals surface area contributed by atoms with Crippen LogP contribution in [0.4, 0.5) is 0 Å². The van der Waals surface area contributed by atoms with E-state index in [0.29, 0.717) is 5.75 Å². The fourth-order valence-corrected chi connectivity index (χ4v) is 5.00. The van der Waals surface area contributed by atoms with Gasteiger partial charge in [-0.2, -0.15) is 0 Å². The van der Waals surface area contributed by atoms with Gasteiger partial charge in [-0.1, -0.05) is 72.8 Å². The van der Waals surface area contributed by atoms with E-state index in [1.165, 1.54) is 13.1 Å². The monoisotopic (exact) mass is 530 g/mol. The number of aromatic amines is 1. The Balaban J connectivity index is 1.54. The third kappa shape index (κ3) is 4.93. The van der Waals surface area contributed by atoms with Gasteiger partial charge in [0.15, 0.2) is 6.23 Å². The van der Waals surface area contributed by atoms with Crippen molar-refractivity contribution in [3.05, 3.63) is 134 Å². The van der Waals surface area contributed by atoms with Crippen LogP contribution in [0.5, 0.6) is 5.75 Å². The van der Waals surface area contributed by atoms with Crippen LogP contribution < -0.4 is 16.0 Å². The van der Waals surface area contributed by atoms with Gasteiger partial charge >= 0.3 is 5.69 Å². The van der Waals surface area contributed by atoms with Crippen LogP contribution in [0.25, 0.3) is 0 Å². The van der Waals surface area contributed by atoms with Crippen molar-refractivity contribution < 1.29 is 24.4 Å². The summed E-state index contributed by atoms with van der Waals surface area (Å²) in [6.45, 7) is 1.41. The minimum absolute atomic E-state index is 0.123. The summed E-state index contributed by atoms with van der Waals surface area (Å²) in [5, 5.41) is 21.7. The van der Waals surface area contributed by atoms with E-state index in [1.54, 1.807) is 7.11 Å². The first-order valence-electron chi connectivity index (χ1n) is 12.6. The molecule has 1 saturated heterocycles. The molecule has 39 heavy (non-hydrogen) atoms. The van der Waals surface area contributed by atoms with Crippen molar-refractivity contribution >= 4 is 0 Å². The maximum absolute atomic E-state index is 12.5. The summed E-state index contributed by atoms with van der Waals surface area (Å²) in [5.41, 5.74) is 0.399. The lowest BCUT2D eigenvalue weighted by atomic mass is 9.80. The highest BCUT2D eigenvalue weighted by Gasteiger charge is 2.46. The molecule has 4 atom stereocenters. The Bertz CT molecular complexity index is 1480. The maximum Gasteiger partial charge on any atom is 0.330 e. The number of aliphatic hydroxyl groups excluding tert-OH is 2. The van der Waals surface area contributed by atoms with Crippen LogP contribution in [0.2, 0.25) is 0 Å². The van der Waals surface area contributed by atoms with Crippen molar-refractivity contribution in [3.63, 3.8) is 0 Å².